The van der Waals surface area contributed by atoms with Crippen LogP contribution in [-0.2, 0) is 12.8 Å². The van der Waals surface area contributed by atoms with Crippen molar-refractivity contribution in [1.29, 1.82) is 0 Å². The van der Waals surface area contributed by atoms with Gasteiger partial charge >= 0.3 is 0 Å². The molecule has 0 atom stereocenters. The first-order chi connectivity index (χ1) is 7.21. The highest BCUT2D eigenvalue weighted by atomic mass is 16.5. The zero-order chi connectivity index (χ0) is 11.3. The molecule has 0 radical (unpaired) electrons. The molecule has 0 saturated heterocycles. The van der Waals surface area contributed by atoms with E-state index in [9.17, 15) is 0 Å². The number of ether oxygens (including phenoxy) is 1. The molecule has 1 heterocycles. The largest absolute Gasteiger partial charge is 0.481 e. The fourth-order valence-corrected chi connectivity index (χ4v) is 1.12. The van der Waals surface area contributed by atoms with Gasteiger partial charge in [0.15, 0.2) is 0 Å². The lowest BCUT2D eigenvalue weighted by Crippen LogP contribution is -2.16. The predicted molar refractivity (Wildman–Crippen MR) is 55.1 cm³/mol. The van der Waals surface area contributed by atoms with Crippen LogP contribution in [0, 0.1) is 0 Å². The Morgan fingerprint density at radius 2 is 2.40 bits per heavy atom. The summed E-state index contributed by atoms with van der Waals surface area (Å²) in [6.45, 7) is 1.96. The minimum absolute atomic E-state index is 0.0983. The Morgan fingerprint density at radius 1 is 1.67 bits per heavy atom. The van der Waals surface area contributed by atoms with Gasteiger partial charge in [-0.3, -0.25) is 0 Å². The van der Waals surface area contributed by atoms with Gasteiger partial charge in [0, 0.05) is 24.6 Å². The molecule has 0 fully saturated rings. The van der Waals surface area contributed by atoms with Crippen molar-refractivity contribution >= 4 is 5.84 Å². The third kappa shape index (κ3) is 2.80. The molecule has 0 amide bonds. The first-order valence-corrected chi connectivity index (χ1v) is 4.56. The second-order valence-corrected chi connectivity index (χ2v) is 2.94. The standard InChI is InChI=1S/C9H14N4O2/c1-3-8-11-5-6(4-7(10)13-14)9(12-8)15-2/h5,14H,3-4H2,1-2H3,(H2,10,13). The fourth-order valence-electron chi connectivity index (χ4n) is 1.12. The Bertz CT molecular complexity index is 365. The highest BCUT2D eigenvalue weighted by Crippen LogP contribution is 2.14. The highest BCUT2D eigenvalue weighted by molar-refractivity contribution is 5.82. The lowest BCUT2D eigenvalue weighted by atomic mass is 10.2. The molecule has 0 saturated carbocycles. The lowest BCUT2D eigenvalue weighted by Gasteiger charge is -2.07. The van der Waals surface area contributed by atoms with Crippen LogP contribution in [0.2, 0.25) is 0 Å². The van der Waals surface area contributed by atoms with Gasteiger partial charge in [-0.15, -0.1) is 0 Å². The molecule has 6 nitrogen and oxygen atoms in total. The van der Waals surface area contributed by atoms with E-state index >= 15 is 0 Å². The van der Waals surface area contributed by atoms with Crippen molar-refractivity contribution in [2.75, 3.05) is 7.11 Å². The third-order valence-corrected chi connectivity index (χ3v) is 1.88. The number of amidine groups is 1. The van der Waals surface area contributed by atoms with Crippen molar-refractivity contribution < 1.29 is 9.94 Å². The molecule has 6 heteroatoms. The summed E-state index contributed by atoms with van der Waals surface area (Å²) < 4.78 is 5.09. The molecule has 0 bridgehead atoms. The summed E-state index contributed by atoms with van der Waals surface area (Å²) in [5.74, 6) is 1.27. The van der Waals surface area contributed by atoms with E-state index < -0.39 is 0 Å². The summed E-state index contributed by atoms with van der Waals surface area (Å²) in [5.41, 5.74) is 6.09. The normalized spacial score (nSPS) is 11.5. The monoisotopic (exact) mass is 210 g/mol. The average molecular weight is 210 g/mol. The number of nitrogens with two attached hydrogens (primary N) is 1. The van der Waals surface area contributed by atoms with E-state index in [0.29, 0.717) is 17.3 Å². The smallest absolute Gasteiger partial charge is 0.220 e. The highest BCUT2D eigenvalue weighted by Gasteiger charge is 2.08. The fraction of sp³-hybridized carbons (Fsp3) is 0.444. The van der Waals surface area contributed by atoms with E-state index in [1.165, 1.54) is 7.11 Å². The van der Waals surface area contributed by atoms with E-state index in [4.69, 9.17) is 15.7 Å². The van der Waals surface area contributed by atoms with Gasteiger partial charge in [-0.2, -0.15) is 4.98 Å². The summed E-state index contributed by atoms with van der Waals surface area (Å²) in [4.78, 5) is 8.28. The van der Waals surface area contributed by atoms with Crippen molar-refractivity contribution in [3.63, 3.8) is 0 Å². The van der Waals surface area contributed by atoms with Crippen molar-refractivity contribution in [3.05, 3.63) is 17.6 Å². The van der Waals surface area contributed by atoms with Crippen LogP contribution < -0.4 is 10.5 Å². The maximum Gasteiger partial charge on any atom is 0.220 e. The molecule has 0 unspecified atom stereocenters. The lowest BCUT2D eigenvalue weighted by molar-refractivity contribution is 0.317. The molecule has 0 aliphatic heterocycles. The van der Waals surface area contributed by atoms with Crippen LogP contribution >= 0.6 is 0 Å². The molecule has 0 aliphatic carbocycles. The number of hydrogen-bond acceptors (Lipinski definition) is 5. The van der Waals surface area contributed by atoms with Crippen LogP contribution in [0.1, 0.15) is 18.3 Å². The summed E-state index contributed by atoms with van der Waals surface area (Å²) in [7, 11) is 1.53. The quantitative estimate of drug-likeness (QED) is 0.323. The Labute approximate surface area is 87.8 Å². The van der Waals surface area contributed by atoms with E-state index in [2.05, 4.69) is 15.1 Å². The van der Waals surface area contributed by atoms with Crippen molar-refractivity contribution in [3.8, 4) is 5.88 Å². The molecule has 3 N–H and O–H groups in total. The van der Waals surface area contributed by atoms with Gasteiger partial charge in [-0.1, -0.05) is 12.1 Å². The van der Waals surface area contributed by atoms with Crippen molar-refractivity contribution in [1.82, 2.24) is 9.97 Å². The molecule has 0 aromatic carbocycles. The Hall–Kier alpha value is -1.85. The van der Waals surface area contributed by atoms with Crippen LogP contribution in [0.15, 0.2) is 11.4 Å². The molecular formula is C9H14N4O2. The molecule has 1 rings (SSSR count). The number of aromatic nitrogens is 2. The van der Waals surface area contributed by atoms with Gasteiger partial charge in [-0.25, -0.2) is 4.98 Å². The van der Waals surface area contributed by atoms with E-state index in [1.807, 2.05) is 6.92 Å². The van der Waals surface area contributed by atoms with E-state index in [-0.39, 0.29) is 12.3 Å². The summed E-state index contributed by atoms with van der Waals surface area (Å²) in [6.07, 6.45) is 2.63. The van der Waals surface area contributed by atoms with Gasteiger partial charge in [0.05, 0.1) is 7.11 Å². The first-order valence-electron chi connectivity index (χ1n) is 4.56. The zero-order valence-corrected chi connectivity index (χ0v) is 8.77. The molecule has 0 aliphatic rings. The Balaban J connectivity index is 2.97. The second kappa shape index (κ2) is 5.14. The van der Waals surface area contributed by atoms with E-state index in [0.717, 1.165) is 6.42 Å². The molecule has 15 heavy (non-hydrogen) atoms. The first kappa shape index (κ1) is 11.2. The van der Waals surface area contributed by atoms with Crippen LogP contribution in [0.3, 0.4) is 0 Å². The number of rotatable bonds is 4. The zero-order valence-electron chi connectivity index (χ0n) is 8.77. The molecular weight excluding hydrogens is 196 g/mol. The van der Waals surface area contributed by atoms with Crippen LogP contribution in [-0.4, -0.2) is 28.1 Å². The third-order valence-electron chi connectivity index (χ3n) is 1.88. The topological polar surface area (TPSA) is 93.6 Å². The maximum atomic E-state index is 8.44. The number of nitrogens with zero attached hydrogens (tertiary/aromatic N) is 3. The van der Waals surface area contributed by atoms with Gasteiger partial charge in [0.25, 0.3) is 0 Å². The minimum atomic E-state index is 0.0983. The van der Waals surface area contributed by atoms with E-state index in [1.54, 1.807) is 6.20 Å². The number of oxime groups is 1. The molecule has 1 aromatic rings. The van der Waals surface area contributed by atoms with Gasteiger partial charge in [0.2, 0.25) is 5.88 Å². The number of hydrogen-bond donors (Lipinski definition) is 2. The SMILES string of the molecule is CCc1ncc(C/C(N)=N/O)c(OC)n1. The Kier molecular flexibility index (Phi) is 3.84. The van der Waals surface area contributed by atoms with Crippen molar-refractivity contribution in [2.45, 2.75) is 19.8 Å². The summed E-state index contributed by atoms with van der Waals surface area (Å²) in [5, 5.41) is 11.3. The van der Waals surface area contributed by atoms with Crippen LogP contribution in [0.4, 0.5) is 0 Å². The molecule has 0 spiro atoms. The second-order valence-electron chi connectivity index (χ2n) is 2.94. The maximum absolute atomic E-state index is 8.44. The van der Waals surface area contributed by atoms with Gasteiger partial charge in [-0.05, 0) is 0 Å². The van der Waals surface area contributed by atoms with Crippen molar-refractivity contribution in [2.24, 2.45) is 10.9 Å². The molecule has 82 valence electrons. The summed E-state index contributed by atoms with van der Waals surface area (Å²) >= 11 is 0. The number of aryl methyl sites for hydroxylation is 1. The summed E-state index contributed by atoms with van der Waals surface area (Å²) in [6, 6.07) is 0. The molecule has 1 aromatic heterocycles. The van der Waals surface area contributed by atoms with Crippen LogP contribution in [0.5, 0.6) is 5.88 Å². The van der Waals surface area contributed by atoms with Gasteiger partial charge in [0.1, 0.15) is 11.7 Å². The van der Waals surface area contributed by atoms with Gasteiger partial charge < -0.3 is 15.7 Å². The minimum Gasteiger partial charge on any atom is -0.481 e. The van der Waals surface area contributed by atoms with Crippen LogP contribution in [0.25, 0.3) is 0 Å². The predicted octanol–water partition coefficient (Wildman–Crippen LogP) is 0.336. The number of methoxy groups -OCH3 is 1. The Morgan fingerprint density at radius 3 is 2.93 bits per heavy atom. The average Bonchev–Trinajstić information content (AvgIpc) is 2.29.